The zero-order chi connectivity index (χ0) is 22.1. The number of hydrogen-bond acceptors (Lipinski definition) is 3. The van der Waals surface area contributed by atoms with E-state index < -0.39 is 0 Å². The van der Waals surface area contributed by atoms with Crippen LogP contribution in [0, 0.1) is 17.8 Å². The van der Waals surface area contributed by atoms with Crippen molar-refractivity contribution in [1.82, 2.24) is 5.32 Å². The lowest BCUT2D eigenvalue weighted by molar-refractivity contribution is -0.127. The molecule has 0 aliphatic carbocycles. The molecule has 1 heterocycles. The predicted octanol–water partition coefficient (Wildman–Crippen LogP) is 7.01. The molecule has 164 valence electrons. The molecular weight excluding hydrogens is 370 g/mol. The second kappa shape index (κ2) is 11.6. The summed E-state index contributed by atoms with van der Waals surface area (Å²) in [5.41, 5.74) is 3.13. The molecule has 3 unspecified atom stereocenters. The summed E-state index contributed by atoms with van der Waals surface area (Å²) in [7, 11) is 0. The van der Waals surface area contributed by atoms with Crippen LogP contribution in [0.2, 0.25) is 0 Å². The maximum Gasteiger partial charge on any atom is 0.170 e. The highest BCUT2D eigenvalue weighted by molar-refractivity contribution is 5.88. The summed E-state index contributed by atoms with van der Waals surface area (Å²) in [6, 6.07) is 20.4. The van der Waals surface area contributed by atoms with Crippen molar-refractivity contribution >= 4 is 17.2 Å². The maximum atomic E-state index is 12.8. The number of ether oxygens (including phenoxy) is 1. The molecule has 2 aromatic rings. The van der Waals surface area contributed by atoms with Gasteiger partial charge in [-0.25, -0.2) is 0 Å². The average Bonchev–Trinajstić information content (AvgIpc) is 3.19. The topological polar surface area (TPSA) is 38.3 Å². The summed E-state index contributed by atoms with van der Waals surface area (Å²) < 4.78 is 6.31. The molecule has 1 aliphatic rings. The van der Waals surface area contributed by atoms with Crippen LogP contribution in [0.5, 0.6) is 0 Å². The molecule has 30 heavy (non-hydrogen) atoms. The lowest BCUT2D eigenvalue weighted by Crippen LogP contribution is -2.30. The smallest absolute Gasteiger partial charge is 0.170 e. The third-order valence-electron chi connectivity index (χ3n) is 5.25. The van der Waals surface area contributed by atoms with E-state index in [0.717, 1.165) is 29.0 Å². The zero-order valence-corrected chi connectivity index (χ0v) is 19.3. The molecular formula is C27H39NO2. The van der Waals surface area contributed by atoms with Gasteiger partial charge in [-0.2, -0.15) is 0 Å². The van der Waals surface area contributed by atoms with Gasteiger partial charge in [0.15, 0.2) is 12.0 Å². The first kappa shape index (κ1) is 23.7. The number of rotatable bonds is 8. The van der Waals surface area contributed by atoms with Gasteiger partial charge in [0, 0.05) is 30.8 Å². The summed E-state index contributed by atoms with van der Waals surface area (Å²) in [6.45, 7) is 12.4. The van der Waals surface area contributed by atoms with Crippen molar-refractivity contribution in [3.63, 3.8) is 0 Å². The van der Waals surface area contributed by atoms with Crippen LogP contribution in [-0.2, 0) is 9.53 Å². The van der Waals surface area contributed by atoms with Crippen LogP contribution in [0.4, 0.5) is 0 Å². The highest BCUT2D eigenvalue weighted by Crippen LogP contribution is 2.34. The first-order chi connectivity index (χ1) is 14.5. The van der Waals surface area contributed by atoms with Gasteiger partial charge in [0.2, 0.25) is 0 Å². The largest absolute Gasteiger partial charge is 0.468 e. The lowest BCUT2D eigenvalue weighted by Gasteiger charge is -2.21. The van der Waals surface area contributed by atoms with E-state index in [1.54, 1.807) is 0 Å². The number of benzene rings is 2. The fourth-order valence-corrected chi connectivity index (χ4v) is 3.93. The summed E-state index contributed by atoms with van der Waals surface area (Å²) in [4.78, 5) is 12.8. The van der Waals surface area contributed by atoms with E-state index in [9.17, 15) is 4.79 Å². The SMILES string of the molecule is CC.CC(C)CC(C)C(=O)C(C)CC1NC(c2ccccc2)=C(c2ccccc2)O1.[HH]. The van der Waals surface area contributed by atoms with E-state index in [4.69, 9.17) is 4.74 Å². The van der Waals surface area contributed by atoms with Crippen LogP contribution in [0.25, 0.3) is 11.5 Å². The van der Waals surface area contributed by atoms with Gasteiger partial charge in [-0.1, -0.05) is 102 Å². The molecule has 3 heteroatoms. The Balaban J connectivity index is 0.00000156. The van der Waals surface area contributed by atoms with Gasteiger partial charge in [0.1, 0.15) is 5.78 Å². The Kier molecular flexibility index (Phi) is 9.16. The van der Waals surface area contributed by atoms with E-state index in [2.05, 4.69) is 43.4 Å². The summed E-state index contributed by atoms with van der Waals surface area (Å²) in [5, 5.41) is 3.53. The standard InChI is InChI=1S/C25H31NO2.C2H6.H2/c1-17(2)15-18(3)24(27)19(4)16-22-26-23(20-11-7-5-8-12-20)25(28-22)21-13-9-6-10-14-21;1-2;/h5-14,17-19,22,26H,15-16H2,1-4H3;1-2H3;1H. The van der Waals surface area contributed by atoms with E-state index in [1.807, 2.05) is 64.1 Å². The third-order valence-corrected chi connectivity index (χ3v) is 5.25. The first-order valence-electron chi connectivity index (χ1n) is 11.3. The highest BCUT2D eigenvalue weighted by Gasteiger charge is 2.31. The van der Waals surface area contributed by atoms with E-state index in [0.29, 0.717) is 18.1 Å². The van der Waals surface area contributed by atoms with E-state index >= 15 is 0 Å². The summed E-state index contributed by atoms with van der Waals surface area (Å²) in [6.07, 6.45) is 1.40. The number of ketones is 1. The fraction of sp³-hybridized carbons (Fsp3) is 0.444. The van der Waals surface area contributed by atoms with Gasteiger partial charge in [-0.15, -0.1) is 0 Å². The minimum Gasteiger partial charge on any atom is -0.468 e. The molecule has 2 aromatic carbocycles. The van der Waals surface area contributed by atoms with Crippen molar-refractivity contribution in [1.29, 1.82) is 0 Å². The highest BCUT2D eigenvalue weighted by atomic mass is 16.5. The molecule has 0 saturated heterocycles. The van der Waals surface area contributed by atoms with Crippen molar-refractivity contribution in [2.75, 3.05) is 0 Å². The molecule has 0 spiro atoms. The number of nitrogens with one attached hydrogen (secondary N) is 1. The molecule has 1 aliphatic heterocycles. The van der Waals surface area contributed by atoms with Crippen molar-refractivity contribution in [2.24, 2.45) is 17.8 Å². The number of Topliss-reactive ketones (excluding diaryl/α,β-unsaturated/α-hetero) is 1. The molecule has 0 saturated carbocycles. The monoisotopic (exact) mass is 409 g/mol. The van der Waals surface area contributed by atoms with Gasteiger partial charge in [-0.3, -0.25) is 4.79 Å². The Morgan fingerprint density at radius 2 is 1.43 bits per heavy atom. The Bertz CT molecular complexity index is 766. The molecule has 0 amide bonds. The summed E-state index contributed by atoms with van der Waals surface area (Å²) in [5.74, 6) is 1.76. The van der Waals surface area contributed by atoms with Crippen LogP contribution in [0.1, 0.15) is 66.9 Å². The molecule has 0 radical (unpaired) electrons. The van der Waals surface area contributed by atoms with Gasteiger partial charge in [0.05, 0.1) is 5.70 Å². The van der Waals surface area contributed by atoms with Crippen LogP contribution in [-0.4, -0.2) is 12.0 Å². The molecule has 3 nitrogen and oxygen atoms in total. The molecule has 1 N–H and O–H groups in total. The van der Waals surface area contributed by atoms with E-state index in [1.165, 1.54) is 0 Å². The van der Waals surface area contributed by atoms with Crippen LogP contribution in [0.15, 0.2) is 60.7 Å². The Labute approximate surface area is 184 Å². The maximum absolute atomic E-state index is 12.8. The van der Waals surface area contributed by atoms with Crippen molar-refractivity contribution < 1.29 is 11.0 Å². The normalized spacial score (nSPS) is 17.5. The molecule has 0 aromatic heterocycles. The lowest BCUT2D eigenvalue weighted by atomic mass is 9.87. The van der Waals surface area contributed by atoms with Gasteiger partial charge >= 0.3 is 0 Å². The van der Waals surface area contributed by atoms with Gasteiger partial charge < -0.3 is 10.1 Å². The number of hydrogen-bond donors (Lipinski definition) is 1. The predicted molar refractivity (Wildman–Crippen MR) is 129 cm³/mol. The quantitative estimate of drug-likeness (QED) is 0.510. The summed E-state index contributed by atoms with van der Waals surface area (Å²) >= 11 is 0. The molecule has 3 atom stereocenters. The minimum atomic E-state index is -0.199. The van der Waals surface area contributed by atoms with Crippen LogP contribution >= 0.6 is 0 Å². The molecule has 0 bridgehead atoms. The second-order valence-electron chi connectivity index (χ2n) is 8.26. The Morgan fingerprint density at radius 3 is 1.97 bits per heavy atom. The Morgan fingerprint density at radius 1 is 0.900 bits per heavy atom. The van der Waals surface area contributed by atoms with Gasteiger partial charge in [-0.05, 0) is 12.3 Å². The Hall–Kier alpha value is -2.55. The van der Waals surface area contributed by atoms with Crippen LogP contribution in [0.3, 0.4) is 0 Å². The number of carbonyl (C=O) groups is 1. The first-order valence-corrected chi connectivity index (χ1v) is 11.3. The zero-order valence-electron chi connectivity index (χ0n) is 19.3. The molecule has 0 fully saturated rings. The second-order valence-corrected chi connectivity index (χ2v) is 8.26. The van der Waals surface area contributed by atoms with Crippen molar-refractivity contribution in [2.45, 2.75) is 60.6 Å². The van der Waals surface area contributed by atoms with Crippen molar-refractivity contribution in [3.8, 4) is 0 Å². The van der Waals surface area contributed by atoms with E-state index in [-0.39, 0.29) is 19.5 Å². The third kappa shape index (κ3) is 6.22. The van der Waals surface area contributed by atoms with Crippen molar-refractivity contribution in [3.05, 3.63) is 71.8 Å². The molecule has 3 rings (SSSR count). The fourth-order valence-electron chi connectivity index (χ4n) is 3.93. The number of carbonyl (C=O) groups excluding carboxylic acids is 1. The average molecular weight is 410 g/mol. The van der Waals surface area contributed by atoms with Crippen LogP contribution < -0.4 is 5.32 Å². The minimum absolute atomic E-state index is 0. The van der Waals surface area contributed by atoms with Gasteiger partial charge in [0.25, 0.3) is 0 Å².